The quantitative estimate of drug-likeness (QED) is 0.544. The van der Waals surface area contributed by atoms with Crippen LogP contribution in [0.25, 0.3) is 22.6 Å². The van der Waals surface area contributed by atoms with Gasteiger partial charge in [-0.3, -0.25) is 19.5 Å². The molecule has 0 amide bonds. The largest absolute Gasteiger partial charge is 0.433 e. The zero-order valence-electron chi connectivity index (χ0n) is 12.4. The van der Waals surface area contributed by atoms with Crippen molar-refractivity contribution in [2.75, 3.05) is 0 Å². The van der Waals surface area contributed by atoms with E-state index in [9.17, 15) is 14.9 Å². The SMILES string of the molecule is Cc1cccc2nc(-c3ccc([N+](=O)[O-])o3)n(C(=O)C3CC3)c12. The number of aromatic nitrogens is 2. The van der Waals surface area contributed by atoms with E-state index >= 15 is 0 Å². The molecule has 7 nitrogen and oxygen atoms in total. The number of benzene rings is 1. The van der Waals surface area contributed by atoms with Gasteiger partial charge in [-0.1, -0.05) is 12.1 Å². The maximum Gasteiger partial charge on any atom is 0.433 e. The molecule has 0 N–H and O–H groups in total. The molecule has 0 bridgehead atoms. The highest BCUT2D eigenvalue weighted by Crippen LogP contribution is 2.36. The van der Waals surface area contributed by atoms with E-state index in [2.05, 4.69) is 4.98 Å². The number of hydrogen-bond donors (Lipinski definition) is 0. The summed E-state index contributed by atoms with van der Waals surface area (Å²) in [7, 11) is 0. The molecule has 3 aromatic rings. The molecule has 1 aromatic carbocycles. The van der Waals surface area contributed by atoms with Crippen molar-refractivity contribution in [2.24, 2.45) is 5.92 Å². The Morgan fingerprint density at radius 3 is 2.78 bits per heavy atom. The number of furan rings is 1. The van der Waals surface area contributed by atoms with Crippen molar-refractivity contribution in [1.82, 2.24) is 9.55 Å². The Hall–Kier alpha value is -2.96. The zero-order chi connectivity index (χ0) is 16.1. The average Bonchev–Trinajstić information content (AvgIpc) is 3.11. The lowest BCUT2D eigenvalue weighted by Crippen LogP contribution is -2.14. The van der Waals surface area contributed by atoms with E-state index in [1.807, 2.05) is 25.1 Å². The van der Waals surface area contributed by atoms with Crippen LogP contribution in [0, 0.1) is 23.0 Å². The van der Waals surface area contributed by atoms with Crippen LogP contribution in [-0.4, -0.2) is 20.4 Å². The maximum atomic E-state index is 12.7. The highest BCUT2D eigenvalue weighted by atomic mass is 16.6. The Morgan fingerprint density at radius 1 is 1.35 bits per heavy atom. The van der Waals surface area contributed by atoms with Crippen molar-refractivity contribution in [3.8, 4) is 11.6 Å². The Morgan fingerprint density at radius 2 is 2.13 bits per heavy atom. The molecule has 4 rings (SSSR count). The van der Waals surface area contributed by atoms with Crippen molar-refractivity contribution in [3.63, 3.8) is 0 Å². The molecule has 2 heterocycles. The van der Waals surface area contributed by atoms with Crippen LogP contribution in [0.1, 0.15) is 23.2 Å². The number of nitrogens with zero attached hydrogens (tertiary/aromatic N) is 3. The first-order chi connectivity index (χ1) is 11.1. The molecule has 1 aliphatic carbocycles. The van der Waals surface area contributed by atoms with Gasteiger partial charge in [-0.05, 0) is 37.5 Å². The van der Waals surface area contributed by atoms with Crippen molar-refractivity contribution in [3.05, 3.63) is 46.0 Å². The van der Waals surface area contributed by atoms with Gasteiger partial charge in [-0.25, -0.2) is 4.98 Å². The molecule has 0 aliphatic heterocycles. The summed E-state index contributed by atoms with van der Waals surface area (Å²) in [5, 5.41) is 10.8. The second-order valence-corrected chi connectivity index (χ2v) is 5.72. The first-order valence-electron chi connectivity index (χ1n) is 7.33. The predicted molar refractivity (Wildman–Crippen MR) is 82.2 cm³/mol. The number of rotatable bonds is 3. The molecular formula is C16H13N3O4. The van der Waals surface area contributed by atoms with E-state index in [1.54, 1.807) is 4.57 Å². The molecule has 0 atom stereocenters. The molecular weight excluding hydrogens is 298 g/mol. The molecule has 0 saturated heterocycles. The summed E-state index contributed by atoms with van der Waals surface area (Å²) in [5.41, 5.74) is 2.34. The van der Waals surface area contributed by atoms with E-state index < -0.39 is 4.92 Å². The lowest BCUT2D eigenvalue weighted by Gasteiger charge is -2.06. The van der Waals surface area contributed by atoms with Crippen LogP contribution in [-0.2, 0) is 0 Å². The van der Waals surface area contributed by atoms with Gasteiger partial charge in [0.1, 0.15) is 4.92 Å². The number of carbonyl (C=O) groups excluding carboxylic acids is 1. The van der Waals surface area contributed by atoms with Gasteiger partial charge in [0.05, 0.1) is 17.1 Å². The minimum atomic E-state index is -0.607. The van der Waals surface area contributed by atoms with Gasteiger partial charge >= 0.3 is 5.88 Å². The summed E-state index contributed by atoms with van der Waals surface area (Å²) in [5.74, 6) is 0.140. The number of para-hydroxylation sites is 1. The minimum Gasteiger partial charge on any atom is -0.397 e. The van der Waals surface area contributed by atoms with E-state index in [4.69, 9.17) is 4.42 Å². The van der Waals surface area contributed by atoms with Gasteiger partial charge in [0.15, 0.2) is 11.6 Å². The van der Waals surface area contributed by atoms with E-state index in [-0.39, 0.29) is 23.5 Å². The normalized spacial score (nSPS) is 14.3. The molecule has 1 aliphatic rings. The van der Waals surface area contributed by atoms with Gasteiger partial charge in [-0.15, -0.1) is 0 Å². The van der Waals surface area contributed by atoms with Gasteiger partial charge in [0.25, 0.3) is 0 Å². The van der Waals surface area contributed by atoms with Crippen molar-refractivity contribution < 1.29 is 14.1 Å². The van der Waals surface area contributed by atoms with Crippen LogP contribution in [0.4, 0.5) is 5.88 Å². The van der Waals surface area contributed by atoms with E-state index in [0.29, 0.717) is 11.3 Å². The van der Waals surface area contributed by atoms with E-state index in [0.717, 1.165) is 23.9 Å². The Labute approximate surface area is 130 Å². The molecule has 0 radical (unpaired) electrons. The lowest BCUT2D eigenvalue weighted by atomic mass is 10.2. The van der Waals surface area contributed by atoms with Crippen LogP contribution >= 0.6 is 0 Å². The fourth-order valence-corrected chi connectivity index (χ4v) is 2.73. The molecule has 116 valence electrons. The monoisotopic (exact) mass is 311 g/mol. The maximum absolute atomic E-state index is 12.7. The Kier molecular flexibility index (Phi) is 2.84. The average molecular weight is 311 g/mol. The summed E-state index contributed by atoms with van der Waals surface area (Å²) in [6.45, 7) is 1.91. The van der Waals surface area contributed by atoms with Crippen LogP contribution in [0.2, 0.25) is 0 Å². The molecule has 0 unspecified atom stereocenters. The molecule has 23 heavy (non-hydrogen) atoms. The third-order valence-corrected chi connectivity index (χ3v) is 4.02. The summed E-state index contributed by atoms with van der Waals surface area (Å²) in [6.07, 6.45) is 1.73. The number of aryl methyl sites for hydroxylation is 1. The van der Waals surface area contributed by atoms with Gasteiger partial charge in [0.2, 0.25) is 5.91 Å². The number of imidazole rings is 1. The highest BCUT2D eigenvalue weighted by molar-refractivity contribution is 5.97. The minimum absolute atomic E-state index is 0.00398. The summed E-state index contributed by atoms with van der Waals surface area (Å²) < 4.78 is 6.80. The van der Waals surface area contributed by atoms with Crippen molar-refractivity contribution in [2.45, 2.75) is 19.8 Å². The number of carbonyl (C=O) groups is 1. The second kappa shape index (κ2) is 4.77. The second-order valence-electron chi connectivity index (χ2n) is 5.72. The molecule has 0 spiro atoms. The van der Waals surface area contributed by atoms with E-state index in [1.165, 1.54) is 12.1 Å². The first-order valence-corrected chi connectivity index (χ1v) is 7.33. The van der Waals surface area contributed by atoms with Gasteiger partial charge in [0, 0.05) is 5.92 Å². The Bertz CT molecular complexity index is 950. The van der Waals surface area contributed by atoms with Gasteiger partial charge in [-0.2, -0.15) is 0 Å². The zero-order valence-corrected chi connectivity index (χ0v) is 12.4. The number of nitro groups is 1. The third-order valence-electron chi connectivity index (χ3n) is 4.02. The van der Waals surface area contributed by atoms with Crippen LogP contribution < -0.4 is 0 Å². The van der Waals surface area contributed by atoms with Crippen LogP contribution in [0.5, 0.6) is 0 Å². The predicted octanol–water partition coefficient (Wildman–Crippen LogP) is 3.56. The molecule has 1 saturated carbocycles. The highest BCUT2D eigenvalue weighted by Gasteiger charge is 2.34. The number of fused-ring (bicyclic) bond motifs is 1. The summed E-state index contributed by atoms with van der Waals surface area (Å²) >= 11 is 0. The number of hydrogen-bond acceptors (Lipinski definition) is 5. The third kappa shape index (κ3) is 2.12. The standard InChI is InChI=1S/C16H13N3O4/c1-9-3-2-4-11-14(9)18(16(20)10-5-6-10)15(17-11)12-7-8-13(23-12)19(21)22/h2-4,7-8,10H,5-6H2,1H3. The Balaban J connectivity index is 1.97. The fraction of sp³-hybridized carbons (Fsp3) is 0.250. The van der Waals surface area contributed by atoms with Crippen molar-refractivity contribution in [1.29, 1.82) is 0 Å². The smallest absolute Gasteiger partial charge is 0.397 e. The summed E-state index contributed by atoms with van der Waals surface area (Å²) in [4.78, 5) is 27.4. The van der Waals surface area contributed by atoms with Crippen LogP contribution in [0.15, 0.2) is 34.7 Å². The molecule has 1 fully saturated rings. The van der Waals surface area contributed by atoms with Crippen molar-refractivity contribution >= 4 is 22.8 Å². The first kappa shape index (κ1) is 13.7. The summed E-state index contributed by atoms with van der Waals surface area (Å²) in [6, 6.07) is 8.35. The van der Waals surface area contributed by atoms with Crippen LogP contribution in [0.3, 0.4) is 0 Å². The fourth-order valence-electron chi connectivity index (χ4n) is 2.73. The molecule has 7 heteroatoms. The van der Waals surface area contributed by atoms with Gasteiger partial charge < -0.3 is 4.42 Å². The molecule has 2 aromatic heterocycles. The lowest BCUT2D eigenvalue weighted by molar-refractivity contribution is -0.401. The topological polar surface area (TPSA) is 91.2 Å².